The number of likely N-dealkylation sites (tertiary alicyclic amines) is 1. The van der Waals surface area contributed by atoms with Crippen LogP contribution in [-0.4, -0.2) is 54.3 Å². The normalized spacial score (nSPS) is 17.8. The van der Waals surface area contributed by atoms with Crippen molar-refractivity contribution in [1.29, 1.82) is 0 Å². The second kappa shape index (κ2) is 7.50. The van der Waals surface area contributed by atoms with Gasteiger partial charge in [0.1, 0.15) is 0 Å². The number of nitrogens with one attached hydrogen (secondary N) is 1. The van der Waals surface area contributed by atoms with Gasteiger partial charge < -0.3 is 19.5 Å². The Labute approximate surface area is 116 Å². The molecule has 0 bridgehead atoms. The van der Waals surface area contributed by atoms with Gasteiger partial charge in [-0.1, -0.05) is 0 Å². The summed E-state index contributed by atoms with van der Waals surface area (Å²) in [5.74, 6) is 1.01. The molecule has 0 unspecified atom stereocenters. The van der Waals surface area contributed by atoms with Crippen molar-refractivity contribution in [2.24, 2.45) is 0 Å². The fourth-order valence-corrected chi connectivity index (χ4v) is 2.54. The molecule has 0 saturated carbocycles. The first-order chi connectivity index (χ1) is 9.31. The second-order valence-corrected chi connectivity index (χ2v) is 5.17. The summed E-state index contributed by atoms with van der Waals surface area (Å²) in [4.78, 5) is 6.82. The summed E-state index contributed by atoms with van der Waals surface area (Å²) in [6, 6.07) is 0.591. The molecule has 2 rings (SSSR count). The summed E-state index contributed by atoms with van der Waals surface area (Å²) in [5.41, 5.74) is 0. The number of piperidine rings is 1. The highest BCUT2D eigenvalue weighted by Crippen LogP contribution is 2.24. The fraction of sp³-hybridized carbons (Fsp3) is 0.786. The van der Waals surface area contributed by atoms with Crippen LogP contribution in [0.15, 0.2) is 12.4 Å². The Kier molecular flexibility index (Phi) is 5.66. The molecule has 0 radical (unpaired) electrons. The Bertz CT molecular complexity index is 358. The number of imidazole rings is 1. The molecule has 5 heteroatoms. The number of rotatable bonds is 7. The zero-order valence-corrected chi connectivity index (χ0v) is 12.1. The maximum atomic E-state index is 5.34. The number of hydrogen-bond acceptors (Lipinski definition) is 4. The zero-order chi connectivity index (χ0) is 13.5. The first-order valence-corrected chi connectivity index (χ1v) is 7.34. The van der Waals surface area contributed by atoms with Crippen molar-refractivity contribution < 1.29 is 4.74 Å². The van der Waals surface area contributed by atoms with E-state index < -0.39 is 0 Å². The van der Waals surface area contributed by atoms with Crippen LogP contribution in [0.1, 0.15) is 32.2 Å². The highest BCUT2D eigenvalue weighted by Gasteiger charge is 2.19. The average molecular weight is 266 g/mol. The summed E-state index contributed by atoms with van der Waals surface area (Å²) >= 11 is 0. The van der Waals surface area contributed by atoms with Gasteiger partial charge in [0.25, 0.3) is 0 Å². The highest BCUT2D eigenvalue weighted by molar-refractivity contribution is 5.26. The maximum Gasteiger partial charge on any atom is 0.203 e. The SMILES string of the molecule is CCOCCCNc1nccn1C1CCN(C)CC1. The molecule has 0 atom stereocenters. The Morgan fingerprint density at radius 2 is 2.21 bits per heavy atom. The Hall–Kier alpha value is -1.07. The molecule has 1 N–H and O–H groups in total. The van der Waals surface area contributed by atoms with E-state index in [1.54, 1.807) is 0 Å². The van der Waals surface area contributed by atoms with Gasteiger partial charge in [-0.25, -0.2) is 4.98 Å². The van der Waals surface area contributed by atoms with Gasteiger partial charge >= 0.3 is 0 Å². The van der Waals surface area contributed by atoms with E-state index in [1.165, 1.54) is 25.9 Å². The standard InChI is InChI=1S/C14H26N4O/c1-3-19-12-4-7-15-14-16-8-11-18(14)13-5-9-17(2)10-6-13/h8,11,13H,3-7,9-10,12H2,1-2H3,(H,15,16). The van der Waals surface area contributed by atoms with Crippen molar-refractivity contribution in [2.75, 3.05) is 45.2 Å². The topological polar surface area (TPSA) is 42.3 Å². The van der Waals surface area contributed by atoms with Gasteiger partial charge in [0.15, 0.2) is 0 Å². The molecule has 0 aliphatic carbocycles. The van der Waals surface area contributed by atoms with Gasteiger partial charge in [-0.2, -0.15) is 0 Å². The summed E-state index contributed by atoms with van der Waals surface area (Å²) < 4.78 is 7.64. The zero-order valence-electron chi connectivity index (χ0n) is 12.1. The average Bonchev–Trinajstić information content (AvgIpc) is 2.88. The van der Waals surface area contributed by atoms with E-state index in [0.717, 1.165) is 32.1 Å². The minimum Gasteiger partial charge on any atom is -0.382 e. The van der Waals surface area contributed by atoms with Crippen molar-refractivity contribution in [3.05, 3.63) is 12.4 Å². The van der Waals surface area contributed by atoms with Crippen molar-refractivity contribution in [3.8, 4) is 0 Å². The summed E-state index contributed by atoms with van der Waals surface area (Å²) in [6.07, 6.45) is 7.43. The number of ether oxygens (including phenoxy) is 1. The van der Waals surface area contributed by atoms with Gasteiger partial charge in [0, 0.05) is 38.2 Å². The molecule has 108 valence electrons. The molecular formula is C14H26N4O. The summed E-state index contributed by atoms with van der Waals surface area (Å²) in [5, 5.41) is 3.42. The molecule has 0 amide bonds. The maximum absolute atomic E-state index is 5.34. The van der Waals surface area contributed by atoms with E-state index in [-0.39, 0.29) is 0 Å². The largest absolute Gasteiger partial charge is 0.382 e. The van der Waals surface area contributed by atoms with Crippen LogP contribution < -0.4 is 5.32 Å². The second-order valence-electron chi connectivity index (χ2n) is 5.17. The van der Waals surface area contributed by atoms with E-state index in [2.05, 4.69) is 33.0 Å². The minimum atomic E-state index is 0.591. The molecular weight excluding hydrogens is 240 g/mol. The first-order valence-electron chi connectivity index (χ1n) is 7.34. The molecule has 0 spiro atoms. The van der Waals surface area contributed by atoms with E-state index in [4.69, 9.17) is 4.74 Å². The molecule has 1 fully saturated rings. The third kappa shape index (κ3) is 4.21. The predicted octanol–water partition coefficient (Wildman–Crippen LogP) is 1.99. The van der Waals surface area contributed by atoms with Crippen LogP contribution in [0.2, 0.25) is 0 Å². The van der Waals surface area contributed by atoms with Crippen LogP contribution in [0.3, 0.4) is 0 Å². The van der Waals surface area contributed by atoms with Gasteiger partial charge in [0.05, 0.1) is 0 Å². The van der Waals surface area contributed by atoms with E-state index in [0.29, 0.717) is 6.04 Å². The van der Waals surface area contributed by atoms with Crippen LogP contribution >= 0.6 is 0 Å². The van der Waals surface area contributed by atoms with Crippen LogP contribution in [0.4, 0.5) is 5.95 Å². The van der Waals surface area contributed by atoms with Crippen LogP contribution in [0.25, 0.3) is 0 Å². The molecule has 5 nitrogen and oxygen atoms in total. The molecule has 1 aromatic rings. The number of nitrogens with zero attached hydrogens (tertiary/aromatic N) is 3. The van der Waals surface area contributed by atoms with E-state index >= 15 is 0 Å². The first kappa shape index (κ1) is 14.3. The van der Waals surface area contributed by atoms with Crippen LogP contribution in [0.5, 0.6) is 0 Å². The van der Waals surface area contributed by atoms with Gasteiger partial charge in [-0.15, -0.1) is 0 Å². The predicted molar refractivity (Wildman–Crippen MR) is 77.6 cm³/mol. The Morgan fingerprint density at radius 3 is 2.95 bits per heavy atom. The minimum absolute atomic E-state index is 0.591. The van der Waals surface area contributed by atoms with E-state index in [9.17, 15) is 0 Å². The Morgan fingerprint density at radius 1 is 1.42 bits per heavy atom. The third-order valence-electron chi connectivity index (χ3n) is 3.70. The molecule has 19 heavy (non-hydrogen) atoms. The lowest BCUT2D eigenvalue weighted by molar-refractivity contribution is 0.147. The van der Waals surface area contributed by atoms with Crippen molar-refractivity contribution in [3.63, 3.8) is 0 Å². The Balaban J connectivity index is 1.80. The molecule has 1 saturated heterocycles. The van der Waals surface area contributed by atoms with Gasteiger partial charge in [-0.05, 0) is 46.3 Å². The highest BCUT2D eigenvalue weighted by atomic mass is 16.5. The summed E-state index contributed by atoms with van der Waals surface area (Å²) in [7, 11) is 2.19. The van der Waals surface area contributed by atoms with Crippen LogP contribution in [-0.2, 0) is 4.74 Å². The number of anilines is 1. The quantitative estimate of drug-likeness (QED) is 0.766. The summed E-state index contributed by atoms with van der Waals surface area (Å²) in [6.45, 7) is 6.91. The number of hydrogen-bond donors (Lipinski definition) is 1. The van der Waals surface area contributed by atoms with Gasteiger partial charge in [-0.3, -0.25) is 0 Å². The molecule has 0 aromatic carbocycles. The molecule has 2 heterocycles. The third-order valence-corrected chi connectivity index (χ3v) is 3.70. The van der Waals surface area contributed by atoms with Crippen molar-refractivity contribution >= 4 is 5.95 Å². The number of aromatic nitrogens is 2. The monoisotopic (exact) mass is 266 g/mol. The molecule has 1 aromatic heterocycles. The van der Waals surface area contributed by atoms with Crippen molar-refractivity contribution in [1.82, 2.24) is 14.5 Å². The van der Waals surface area contributed by atoms with Crippen LogP contribution in [0, 0.1) is 0 Å². The lowest BCUT2D eigenvalue weighted by atomic mass is 10.1. The lowest BCUT2D eigenvalue weighted by Crippen LogP contribution is -2.31. The molecule has 1 aliphatic rings. The molecule has 1 aliphatic heterocycles. The smallest absolute Gasteiger partial charge is 0.203 e. The van der Waals surface area contributed by atoms with Gasteiger partial charge in [0.2, 0.25) is 5.95 Å². The fourth-order valence-electron chi connectivity index (χ4n) is 2.54. The lowest BCUT2D eigenvalue weighted by Gasteiger charge is -2.30. The van der Waals surface area contributed by atoms with Crippen molar-refractivity contribution in [2.45, 2.75) is 32.2 Å². The van der Waals surface area contributed by atoms with E-state index in [1.807, 2.05) is 13.1 Å².